The molecule has 0 radical (unpaired) electrons. The van der Waals surface area contributed by atoms with E-state index in [9.17, 15) is 9.59 Å². The number of rotatable bonds is 2. The van der Waals surface area contributed by atoms with Gasteiger partial charge in [-0.05, 0) is 31.2 Å². The third-order valence-corrected chi connectivity index (χ3v) is 5.24. The van der Waals surface area contributed by atoms with Crippen LogP contribution in [-0.2, 0) is 0 Å². The number of nitrogens with zero attached hydrogens (tertiary/aromatic N) is 4. The van der Waals surface area contributed by atoms with E-state index >= 15 is 0 Å². The minimum atomic E-state index is -0.333. The quantitative estimate of drug-likeness (QED) is 0.650. The van der Waals surface area contributed by atoms with E-state index in [1.165, 1.54) is 24.3 Å². The van der Waals surface area contributed by atoms with Gasteiger partial charge in [-0.25, -0.2) is 9.97 Å². The summed E-state index contributed by atoms with van der Waals surface area (Å²) in [6.07, 6.45) is 0. The molecular formula is C17H14Cl4N4O2. The van der Waals surface area contributed by atoms with Crippen LogP contribution in [0.4, 0.5) is 0 Å². The number of pyridine rings is 2. The number of halogens is 4. The zero-order valence-electron chi connectivity index (χ0n) is 14.1. The van der Waals surface area contributed by atoms with Gasteiger partial charge in [-0.2, -0.15) is 0 Å². The van der Waals surface area contributed by atoms with Crippen LogP contribution in [0.15, 0.2) is 24.3 Å². The topological polar surface area (TPSA) is 66.4 Å². The third-order valence-electron chi connectivity index (χ3n) is 4.20. The fraction of sp³-hybridized carbons (Fsp3) is 0.294. The maximum atomic E-state index is 12.8. The smallest absolute Gasteiger partial charge is 0.274 e. The number of carbonyl (C=O) groups excluding carboxylic acids is 2. The number of carbonyl (C=O) groups is 2. The van der Waals surface area contributed by atoms with E-state index in [1.54, 1.807) is 9.80 Å². The van der Waals surface area contributed by atoms with Crippen molar-refractivity contribution in [1.29, 1.82) is 0 Å². The number of aromatic nitrogens is 2. The molecule has 142 valence electrons. The third kappa shape index (κ3) is 4.29. The Labute approximate surface area is 176 Å². The first kappa shape index (κ1) is 20.1. The van der Waals surface area contributed by atoms with Crippen molar-refractivity contribution in [3.63, 3.8) is 0 Å². The molecule has 1 saturated heterocycles. The van der Waals surface area contributed by atoms with Gasteiger partial charge in [0.2, 0.25) is 0 Å². The van der Waals surface area contributed by atoms with Gasteiger partial charge in [0, 0.05) is 25.7 Å². The molecule has 1 aliphatic heterocycles. The van der Waals surface area contributed by atoms with Gasteiger partial charge in [0.05, 0.1) is 10.0 Å². The van der Waals surface area contributed by atoms with E-state index in [1.807, 2.05) is 6.92 Å². The number of piperazine rings is 1. The molecule has 0 aromatic carbocycles. The summed E-state index contributed by atoms with van der Waals surface area (Å²) in [5.74, 6) is -0.665. The Kier molecular flexibility index (Phi) is 6.11. The molecule has 0 spiro atoms. The molecule has 10 heteroatoms. The van der Waals surface area contributed by atoms with Crippen LogP contribution in [0.3, 0.4) is 0 Å². The second-order valence-corrected chi connectivity index (χ2v) is 7.62. The zero-order chi connectivity index (χ0) is 19.7. The Bertz CT molecular complexity index is 908. The second kappa shape index (κ2) is 8.19. The predicted molar refractivity (Wildman–Crippen MR) is 105 cm³/mol. The van der Waals surface area contributed by atoms with Crippen LogP contribution in [0.5, 0.6) is 0 Å². The van der Waals surface area contributed by atoms with Crippen molar-refractivity contribution in [2.75, 3.05) is 19.6 Å². The van der Waals surface area contributed by atoms with E-state index in [0.29, 0.717) is 19.6 Å². The van der Waals surface area contributed by atoms with Gasteiger partial charge in [-0.15, -0.1) is 0 Å². The minimum absolute atomic E-state index is 0.0929. The van der Waals surface area contributed by atoms with Crippen molar-refractivity contribution >= 4 is 58.2 Å². The van der Waals surface area contributed by atoms with Crippen molar-refractivity contribution in [3.05, 3.63) is 56.0 Å². The molecule has 6 nitrogen and oxygen atoms in total. The molecule has 3 rings (SSSR count). The summed E-state index contributed by atoms with van der Waals surface area (Å²) in [6.45, 7) is 2.78. The van der Waals surface area contributed by atoms with Crippen LogP contribution < -0.4 is 0 Å². The molecule has 2 aromatic rings. The van der Waals surface area contributed by atoms with Crippen LogP contribution in [0.1, 0.15) is 27.9 Å². The number of hydrogen-bond acceptors (Lipinski definition) is 4. The molecule has 2 amide bonds. The summed E-state index contributed by atoms with van der Waals surface area (Å²) in [5, 5.41) is 0.827. The van der Waals surface area contributed by atoms with Crippen molar-refractivity contribution in [2.45, 2.75) is 13.0 Å². The monoisotopic (exact) mass is 446 g/mol. The molecule has 1 fully saturated rings. The van der Waals surface area contributed by atoms with E-state index in [0.717, 1.165) is 0 Å². The van der Waals surface area contributed by atoms with E-state index < -0.39 is 0 Å². The lowest BCUT2D eigenvalue weighted by Gasteiger charge is -2.39. The van der Waals surface area contributed by atoms with Crippen LogP contribution in [0, 0.1) is 0 Å². The molecule has 2 aromatic heterocycles. The molecule has 27 heavy (non-hydrogen) atoms. The average molecular weight is 448 g/mol. The summed E-state index contributed by atoms with van der Waals surface area (Å²) in [6, 6.07) is 5.83. The van der Waals surface area contributed by atoms with Gasteiger partial charge in [-0.3, -0.25) is 9.59 Å². The molecule has 0 N–H and O–H groups in total. The lowest BCUT2D eigenvalue weighted by Crippen LogP contribution is -2.55. The fourth-order valence-electron chi connectivity index (χ4n) is 2.87. The first-order valence-electron chi connectivity index (χ1n) is 8.02. The summed E-state index contributed by atoms with van der Waals surface area (Å²) in [7, 11) is 0. The maximum absolute atomic E-state index is 12.8. The second-order valence-electron chi connectivity index (χ2n) is 6.03. The standard InChI is InChI=1S/C17H14Cl4N4O2/c1-9-8-24(16(26)14-10(18)2-4-12(20)22-14)6-7-25(9)17(27)15-11(19)3-5-13(21)23-15/h2-5,9H,6-8H2,1H3/t9-/m0/s1. The fourth-order valence-corrected chi connectivity index (χ4v) is 3.53. The van der Waals surface area contributed by atoms with Crippen molar-refractivity contribution in [3.8, 4) is 0 Å². The first-order valence-corrected chi connectivity index (χ1v) is 9.53. The molecule has 0 aliphatic carbocycles. The van der Waals surface area contributed by atoms with Crippen molar-refractivity contribution in [1.82, 2.24) is 19.8 Å². The SMILES string of the molecule is C[C@H]1CN(C(=O)c2nc(Cl)ccc2Cl)CCN1C(=O)c1nc(Cl)ccc1Cl. The van der Waals surface area contributed by atoms with Gasteiger partial charge in [-0.1, -0.05) is 46.4 Å². The Morgan fingerprint density at radius 2 is 1.41 bits per heavy atom. The summed E-state index contributed by atoms with van der Waals surface area (Å²) >= 11 is 23.9. The molecule has 3 heterocycles. The highest BCUT2D eigenvalue weighted by Gasteiger charge is 2.33. The Balaban J connectivity index is 1.75. The van der Waals surface area contributed by atoms with Crippen LogP contribution in [0.25, 0.3) is 0 Å². The summed E-state index contributed by atoms with van der Waals surface area (Å²) in [4.78, 5) is 36.8. The highest BCUT2D eigenvalue weighted by Crippen LogP contribution is 2.23. The normalized spacial score (nSPS) is 17.1. The zero-order valence-corrected chi connectivity index (χ0v) is 17.1. The van der Waals surface area contributed by atoms with Crippen LogP contribution in [0.2, 0.25) is 20.4 Å². The highest BCUT2D eigenvalue weighted by atomic mass is 35.5. The van der Waals surface area contributed by atoms with Gasteiger partial charge < -0.3 is 9.80 Å². The van der Waals surface area contributed by atoms with Crippen molar-refractivity contribution < 1.29 is 9.59 Å². The van der Waals surface area contributed by atoms with E-state index in [-0.39, 0.29) is 49.6 Å². The average Bonchev–Trinajstić information content (AvgIpc) is 2.64. The van der Waals surface area contributed by atoms with Gasteiger partial charge in [0.15, 0.2) is 0 Å². The Morgan fingerprint density at radius 1 is 0.889 bits per heavy atom. The summed E-state index contributed by atoms with van der Waals surface area (Å²) in [5.41, 5.74) is 0.186. The van der Waals surface area contributed by atoms with E-state index in [2.05, 4.69) is 9.97 Å². The van der Waals surface area contributed by atoms with Crippen LogP contribution in [-0.4, -0.2) is 57.3 Å². The Hall–Kier alpha value is -1.60. The largest absolute Gasteiger partial charge is 0.333 e. The predicted octanol–water partition coefficient (Wildman–Crippen LogP) is 4.08. The highest BCUT2D eigenvalue weighted by molar-refractivity contribution is 6.35. The van der Waals surface area contributed by atoms with Gasteiger partial charge in [0.25, 0.3) is 11.8 Å². The minimum Gasteiger partial charge on any atom is -0.333 e. The molecule has 0 unspecified atom stereocenters. The van der Waals surface area contributed by atoms with Gasteiger partial charge >= 0.3 is 0 Å². The first-order chi connectivity index (χ1) is 12.8. The number of amides is 2. The summed E-state index contributed by atoms with van der Waals surface area (Å²) < 4.78 is 0. The lowest BCUT2D eigenvalue weighted by molar-refractivity contribution is 0.0408. The molecular weight excluding hydrogens is 434 g/mol. The molecule has 0 saturated carbocycles. The lowest BCUT2D eigenvalue weighted by atomic mass is 10.1. The molecule has 0 bridgehead atoms. The molecule has 1 aliphatic rings. The van der Waals surface area contributed by atoms with Gasteiger partial charge in [0.1, 0.15) is 21.7 Å². The van der Waals surface area contributed by atoms with Crippen LogP contribution >= 0.6 is 46.4 Å². The van der Waals surface area contributed by atoms with E-state index in [4.69, 9.17) is 46.4 Å². The Morgan fingerprint density at radius 3 is 1.93 bits per heavy atom. The van der Waals surface area contributed by atoms with Crippen molar-refractivity contribution in [2.24, 2.45) is 0 Å². The molecule has 1 atom stereocenters. The maximum Gasteiger partial charge on any atom is 0.274 e. The number of hydrogen-bond donors (Lipinski definition) is 0.